The van der Waals surface area contributed by atoms with E-state index >= 15 is 0 Å². The van der Waals surface area contributed by atoms with Crippen LogP contribution in [-0.4, -0.2) is 9.55 Å². The Labute approximate surface area is 249 Å². The second kappa shape index (κ2) is 9.40. The van der Waals surface area contributed by atoms with E-state index in [0.29, 0.717) is 0 Å². The molecule has 0 bridgehead atoms. The van der Waals surface area contributed by atoms with E-state index < -0.39 is 0 Å². The molecule has 2 aromatic heterocycles. The predicted octanol–water partition coefficient (Wildman–Crippen LogP) is 11.0. The van der Waals surface area contributed by atoms with Gasteiger partial charge in [0.05, 0.1) is 16.6 Å². The summed E-state index contributed by atoms with van der Waals surface area (Å²) >= 11 is 0. The first-order valence-corrected chi connectivity index (χ1v) is 14.7. The highest BCUT2D eigenvalue weighted by Crippen LogP contribution is 2.44. The molecular weight excluding hydrogens is 520 g/mol. The van der Waals surface area contributed by atoms with Crippen LogP contribution in [0.4, 0.5) is 0 Å². The molecule has 2 nitrogen and oxygen atoms in total. The second-order valence-electron chi connectivity index (χ2n) is 11.2. The van der Waals surface area contributed by atoms with Gasteiger partial charge in [0.15, 0.2) is 0 Å². The molecule has 0 amide bonds. The normalized spacial score (nSPS) is 11.7. The third-order valence-electron chi connectivity index (χ3n) is 8.82. The number of benzene rings is 7. The lowest BCUT2D eigenvalue weighted by Crippen LogP contribution is -1.94. The van der Waals surface area contributed by atoms with Gasteiger partial charge >= 0.3 is 0 Å². The third-order valence-corrected chi connectivity index (χ3v) is 8.82. The highest BCUT2D eigenvalue weighted by molar-refractivity contribution is 6.21. The summed E-state index contributed by atoms with van der Waals surface area (Å²) in [5.41, 5.74) is 9.58. The summed E-state index contributed by atoms with van der Waals surface area (Å²) in [7, 11) is 0. The minimum Gasteiger partial charge on any atom is -0.309 e. The Bertz CT molecular complexity index is 2390. The molecule has 0 unspecified atom stereocenters. The maximum Gasteiger partial charge on any atom is 0.0702 e. The monoisotopic (exact) mass is 546 g/mol. The molecular formula is C41H26N2. The minimum absolute atomic E-state index is 1.01. The number of hydrogen-bond acceptors (Lipinski definition) is 1. The van der Waals surface area contributed by atoms with Crippen molar-refractivity contribution in [2.45, 2.75) is 0 Å². The number of hydrogen-bond donors (Lipinski definition) is 0. The molecule has 0 aliphatic rings. The maximum atomic E-state index is 4.55. The Morgan fingerprint density at radius 2 is 0.884 bits per heavy atom. The first-order valence-electron chi connectivity index (χ1n) is 14.7. The molecule has 0 spiro atoms. The molecule has 0 radical (unpaired) electrons. The van der Waals surface area contributed by atoms with E-state index in [0.717, 1.165) is 16.6 Å². The lowest BCUT2D eigenvalue weighted by atomic mass is 9.86. The number of para-hydroxylation sites is 2. The summed E-state index contributed by atoms with van der Waals surface area (Å²) in [6, 6.07) is 54.9. The highest BCUT2D eigenvalue weighted by atomic mass is 15.0. The Kier molecular flexibility index (Phi) is 5.23. The SMILES string of the molecule is c1cnc2ccc(-c3c4ccccc4c(-c4ccc(-n5c6ccccc6c6ccccc65)cc4)c4ccccc34)cc2c1. The van der Waals surface area contributed by atoms with Crippen molar-refractivity contribution < 1.29 is 0 Å². The fraction of sp³-hybridized carbons (Fsp3) is 0. The van der Waals surface area contributed by atoms with Gasteiger partial charge in [0.2, 0.25) is 0 Å². The van der Waals surface area contributed by atoms with Gasteiger partial charge in [-0.1, -0.05) is 109 Å². The van der Waals surface area contributed by atoms with Crippen LogP contribution in [0, 0.1) is 0 Å². The molecule has 43 heavy (non-hydrogen) atoms. The Morgan fingerprint density at radius 3 is 1.47 bits per heavy atom. The van der Waals surface area contributed by atoms with E-state index in [1.807, 2.05) is 12.3 Å². The third kappa shape index (κ3) is 3.63. The lowest BCUT2D eigenvalue weighted by molar-refractivity contribution is 1.18. The zero-order valence-electron chi connectivity index (χ0n) is 23.4. The van der Waals surface area contributed by atoms with Crippen molar-refractivity contribution in [2.75, 3.05) is 0 Å². The summed E-state index contributed by atoms with van der Waals surface area (Å²) in [5, 5.41) is 8.73. The van der Waals surface area contributed by atoms with Crippen molar-refractivity contribution in [3.05, 3.63) is 158 Å². The molecule has 9 aromatic rings. The van der Waals surface area contributed by atoms with Crippen LogP contribution in [0.3, 0.4) is 0 Å². The summed E-state index contributed by atoms with van der Waals surface area (Å²) in [6.45, 7) is 0. The first-order chi connectivity index (χ1) is 21.3. The van der Waals surface area contributed by atoms with Crippen molar-refractivity contribution >= 4 is 54.3 Å². The van der Waals surface area contributed by atoms with Gasteiger partial charge in [-0.05, 0) is 86.3 Å². The Morgan fingerprint density at radius 1 is 0.395 bits per heavy atom. The zero-order valence-corrected chi connectivity index (χ0v) is 23.4. The van der Waals surface area contributed by atoms with Crippen LogP contribution in [0.2, 0.25) is 0 Å². The van der Waals surface area contributed by atoms with E-state index in [4.69, 9.17) is 0 Å². The standard InChI is InChI=1S/C41H26N2/c1-3-15-35-33(13-1)40(34-14-2-4-16-36(34)41(35)29-21-24-37-28(26-29)10-9-25-42-37)27-19-22-30(23-20-27)43-38-17-7-5-11-31(38)32-12-6-8-18-39(32)43/h1-26H. The van der Waals surface area contributed by atoms with Crippen LogP contribution in [0.15, 0.2) is 158 Å². The van der Waals surface area contributed by atoms with Crippen molar-refractivity contribution in [1.29, 1.82) is 0 Å². The fourth-order valence-corrected chi connectivity index (χ4v) is 6.96. The molecule has 2 heteroatoms. The summed E-state index contributed by atoms with van der Waals surface area (Å²) < 4.78 is 2.38. The lowest BCUT2D eigenvalue weighted by Gasteiger charge is -2.18. The van der Waals surface area contributed by atoms with Crippen LogP contribution in [-0.2, 0) is 0 Å². The summed E-state index contributed by atoms with van der Waals surface area (Å²) in [6.07, 6.45) is 1.86. The first kappa shape index (κ1) is 23.9. The maximum absolute atomic E-state index is 4.55. The van der Waals surface area contributed by atoms with E-state index in [1.54, 1.807) is 0 Å². The van der Waals surface area contributed by atoms with Gasteiger partial charge in [-0.15, -0.1) is 0 Å². The molecule has 2 heterocycles. The minimum atomic E-state index is 1.01. The van der Waals surface area contributed by atoms with Crippen LogP contribution in [0.1, 0.15) is 0 Å². The Hall–Kier alpha value is -5.73. The molecule has 0 N–H and O–H groups in total. The molecule has 200 valence electrons. The Balaban J connectivity index is 1.28. The molecule has 0 saturated heterocycles. The fourth-order valence-electron chi connectivity index (χ4n) is 6.96. The molecule has 0 atom stereocenters. The van der Waals surface area contributed by atoms with Gasteiger partial charge in [0.25, 0.3) is 0 Å². The average molecular weight is 547 g/mol. The van der Waals surface area contributed by atoms with Crippen molar-refractivity contribution in [3.63, 3.8) is 0 Å². The van der Waals surface area contributed by atoms with Gasteiger partial charge in [-0.25, -0.2) is 0 Å². The molecule has 0 saturated carbocycles. The van der Waals surface area contributed by atoms with Gasteiger partial charge in [0.1, 0.15) is 0 Å². The van der Waals surface area contributed by atoms with Crippen molar-refractivity contribution in [3.8, 4) is 27.9 Å². The molecule has 7 aromatic carbocycles. The van der Waals surface area contributed by atoms with E-state index in [1.165, 1.54) is 65.6 Å². The van der Waals surface area contributed by atoms with Crippen molar-refractivity contribution in [1.82, 2.24) is 9.55 Å². The zero-order chi connectivity index (χ0) is 28.3. The average Bonchev–Trinajstić information content (AvgIpc) is 3.41. The summed E-state index contributed by atoms with van der Waals surface area (Å²) in [4.78, 5) is 4.55. The molecule has 0 aliphatic heterocycles. The largest absolute Gasteiger partial charge is 0.309 e. The van der Waals surface area contributed by atoms with Crippen LogP contribution in [0.25, 0.3) is 82.2 Å². The summed E-state index contributed by atoms with van der Waals surface area (Å²) in [5.74, 6) is 0. The number of pyridine rings is 1. The molecule has 9 rings (SSSR count). The smallest absolute Gasteiger partial charge is 0.0702 e. The number of fused-ring (bicyclic) bond motifs is 6. The quantitative estimate of drug-likeness (QED) is 0.202. The topological polar surface area (TPSA) is 17.8 Å². The van der Waals surface area contributed by atoms with Crippen LogP contribution < -0.4 is 0 Å². The van der Waals surface area contributed by atoms with Gasteiger partial charge in [0, 0.05) is 28.0 Å². The predicted molar refractivity (Wildman–Crippen MR) is 182 cm³/mol. The van der Waals surface area contributed by atoms with Crippen molar-refractivity contribution in [2.24, 2.45) is 0 Å². The number of rotatable bonds is 3. The van der Waals surface area contributed by atoms with E-state index in [-0.39, 0.29) is 0 Å². The van der Waals surface area contributed by atoms with Crippen LogP contribution >= 0.6 is 0 Å². The van der Waals surface area contributed by atoms with Gasteiger partial charge < -0.3 is 4.57 Å². The number of nitrogens with zero attached hydrogens (tertiary/aromatic N) is 2. The molecule has 0 fully saturated rings. The van der Waals surface area contributed by atoms with E-state index in [9.17, 15) is 0 Å². The second-order valence-corrected chi connectivity index (χ2v) is 11.2. The van der Waals surface area contributed by atoms with Crippen LogP contribution in [0.5, 0.6) is 0 Å². The molecule has 0 aliphatic carbocycles. The highest BCUT2D eigenvalue weighted by Gasteiger charge is 2.17. The van der Waals surface area contributed by atoms with Gasteiger partial charge in [-0.2, -0.15) is 0 Å². The van der Waals surface area contributed by atoms with Gasteiger partial charge in [-0.3, -0.25) is 4.98 Å². The number of aromatic nitrogens is 2. The van der Waals surface area contributed by atoms with E-state index in [2.05, 4.69) is 155 Å².